The molecule has 0 bridgehead atoms. The van der Waals surface area contributed by atoms with E-state index in [1.54, 1.807) is 29.2 Å². The van der Waals surface area contributed by atoms with Gasteiger partial charge in [-0.2, -0.15) is 5.10 Å². The summed E-state index contributed by atoms with van der Waals surface area (Å²) < 4.78 is 6.27. The second-order valence-electron chi connectivity index (χ2n) is 4.42. The lowest BCUT2D eigenvalue weighted by Crippen LogP contribution is -2.28. The van der Waals surface area contributed by atoms with E-state index in [1.807, 2.05) is 18.2 Å². The second kappa shape index (κ2) is 6.31. The zero-order chi connectivity index (χ0) is 15.4. The van der Waals surface area contributed by atoms with Crippen LogP contribution in [0.2, 0.25) is 5.02 Å². The van der Waals surface area contributed by atoms with Crippen LogP contribution in [0.4, 0.5) is 10.5 Å². The van der Waals surface area contributed by atoms with E-state index in [0.29, 0.717) is 16.4 Å². The van der Waals surface area contributed by atoms with Gasteiger partial charge in [0.1, 0.15) is 12.0 Å². The highest BCUT2D eigenvalue weighted by atomic mass is 35.5. The first kappa shape index (κ1) is 14.2. The molecule has 0 saturated heterocycles. The van der Waals surface area contributed by atoms with E-state index in [2.05, 4.69) is 25.4 Å². The Labute approximate surface area is 130 Å². The number of para-hydroxylation sites is 1. The molecule has 3 aromatic rings. The molecule has 2 amide bonds. The molecule has 2 heterocycles. The number of rotatable bonds is 4. The maximum absolute atomic E-state index is 11.8. The molecule has 7 nitrogen and oxygen atoms in total. The van der Waals surface area contributed by atoms with Gasteiger partial charge in [0, 0.05) is 6.07 Å². The highest BCUT2D eigenvalue weighted by Crippen LogP contribution is 2.20. The van der Waals surface area contributed by atoms with E-state index in [1.165, 1.54) is 6.26 Å². The number of amides is 2. The van der Waals surface area contributed by atoms with Gasteiger partial charge in [-0.15, -0.1) is 0 Å². The van der Waals surface area contributed by atoms with Crippen LogP contribution < -0.4 is 10.6 Å². The Kier molecular flexibility index (Phi) is 4.06. The van der Waals surface area contributed by atoms with Crippen molar-refractivity contribution in [1.82, 2.24) is 20.3 Å². The lowest BCUT2D eigenvalue weighted by atomic mass is 10.3. The highest BCUT2D eigenvalue weighted by molar-refractivity contribution is 6.32. The third-order valence-electron chi connectivity index (χ3n) is 2.86. The van der Waals surface area contributed by atoms with E-state index >= 15 is 0 Å². The van der Waals surface area contributed by atoms with Crippen LogP contribution >= 0.6 is 11.6 Å². The van der Waals surface area contributed by atoms with Crippen molar-refractivity contribution < 1.29 is 9.32 Å². The number of nitrogens with one attached hydrogen (secondary N) is 2. The number of anilines is 1. The van der Waals surface area contributed by atoms with Gasteiger partial charge < -0.3 is 15.2 Å². The lowest BCUT2D eigenvalue weighted by Gasteiger charge is -2.04. The Bertz CT molecular complexity index is 769. The van der Waals surface area contributed by atoms with E-state index in [-0.39, 0.29) is 12.6 Å². The Balaban J connectivity index is 1.62. The number of urea groups is 1. The number of hydrogen-bond donors (Lipinski definition) is 2. The fourth-order valence-electron chi connectivity index (χ4n) is 1.83. The van der Waals surface area contributed by atoms with Crippen LogP contribution in [0.1, 0.15) is 5.69 Å². The summed E-state index contributed by atoms with van der Waals surface area (Å²) in [4.78, 5) is 11.8. The molecule has 3 rings (SSSR count). The molecule has 0 aliphatic carbocycles. The standard InChI is InChI=1S/C14H12ClN5O2/c15-12-3-1-2-4-13(12)20-9-11(8-17-20)18-14(21)16-7-10-5-6-22-19-10/h1-6,8-9H,7H2,(H2,16,18,21). The van der Waals surface area contributed by atoms with Gasteiger partial charge in [-0.25, -0.2) is 9.48 Å². The average Bonchev–Trinajstić information content (AvgIpc) is 3.17. The smallest absolute Gasteiger partial charge is 0.319 e. The summed E-state index contributed by atoms with van der Waals surface area (Å²) in [6.45, 7) is 0.279. The van der Waals surface area contributed by atoms with Crippen molar-refractivity contribution in [2.75, 3.05) is 5.32 Å². The third-order valence-corrected chi connectivity index (χ3v) is 3.18. The van der Waals surface area contributed by atoms with Crippen molar-refractivity contribution in [1.29, 1.82) is 0 Å². The van der Waals surface area contributed by atoms with Crippen LogP contribution in [0, 0.1) is 0 Å². The highest BCUT2D eigenvalue weighted by Gasteiger charge is 2.07. The number of nitrogens with zero attached hydrogens (tertiary/aromatic N) is 3. The van der Waals surface area contributed by atoms with Gasteiger partial charge in [0.2, 0.25) is 0 Å². The molecule has 2 aromatic heterocycles. The number of carbonyl (C=O) groups excluding carboxylic acids is 1. The average molecular weight is 318 g/mol. The van der Waals surface area contributed by atoms with Crippen molar-refractivity contribution in [3.05, 3.63) is 59.7 Å². The van der Waals surface area contributed by atoms with Gasteiger partial charge in [0.05, 0.1) is 35.3 Å². The fourth-order valence-corrected chi connectivity index (χ4v) is 2.05. The molecule has 0 aliphatic rings. The van der Waals surface area contributed by atoms with Crippen molar-refractivity contribution in [3.63, 3.8) is 0 Å². The molecule has 0 fully saturated rings. The van der Waals surface area contributed by atoms with Gasteiger partial charge in [0.15, 0.2) is 0 Å². The molecule has 1 aromatic carbocycles. The molecule has 0 atom stereocenters. The predicted molar refractivity (Wildman–Crippen MR) is 80.9 cm³/mol. The van der Waals surface area contributed by atoms with E-state index in [0.717, 1.165) is 5.69 Å². The van der Waals surface area contributed by atoms with Gasteiger partial charge in [-0.3, -0.25) is 0 Å². The summed E-state index contributed by atoms with van der Waals surface area (Å²) in [6, 6.07) is 8.63. The topological polar surface area (TPSA) is 85.0 Å². The molecule has 0 saturated carbocycles. The molecule has 112 valence electrons. The predicted octanol–water partition coefficient (Wildman–Crippen LogP) is 2.84. The molecule has 2 N–H and O–H groups in total. The fraction of sp³-hybridized carbons (Fsp3) is 0.0714. The summed E-state index contributed by atoms with van der Waals surface area (Å²) in [7, 11) is 0. The first-order valence-electron chi connectivity index (χ1n) is 6.46. The van der Waals surface area contributed by atoms with E-state index < -0.39 is 0 Å². The monoisotopic (exact) mass is 317 g/mol. The van der Waals surface area contributed by atoms with Crippen molar-refractivity contribution in [3.8, 4) is 5.69 Å². The minimum atomic E-state index is -0.360. The van der Waals surface area contributed by atoms with Crippen LogP contribution in [-0.2, 0) is 6.54 Å². The van der Waals surface area contributed by atoms with Gasteiger partial charge in [0.25, 0.3) is 0 Å². The zero-order valence-electron chi connectivity index (χ0n) is 11.4. The van der Waals surface area contributed by atoms with Crippen LogP contribution in [0.25, 0.3) is 5.69 Å². The molecule has 8 heteroatoms. The Hall–Kier alpha value is -2.80. The molecule has 0 aliphatic heterocycles. The van der Waals surface area contributed by atoms with Crippen LogP contribution in [0.3, 0.4) is 0 Å². The summed E-state index contributed by atoms with van der Waals surface area (Å²) in [5, 5.41) is 13.8. The SMILES string of the molecule is O=C(NCc1ccon1)Nc1cnn(-c2ccccc2Cl)c1. The largest absolute Gasteiger partial charge is 0.364 e. The van der Waals surface area contributed by atoms with E-state index in [9.17, 15) is 4.79 Å². The normalized spacial score (nSPS) is 10.4. The Morgan fingerprint density at radius 2 is 2.18 bits per heavy atom. The first-order valence-corrected chi connectivity index (χ1v) is 6.84. The molecular weight excluding hydrogens is 306 g/mol. The summed E-state index contributed by atoms with van der Waals surface area (Å²) >= 11 is 6.10. The van der Waals surface area contributed by atoms with Crippen molar-refractivity contribution in [2.24, 2.45) is 0 Å². The number of hydrogen-bond acceptors (Lipinski definition) is 4. The molecule has 0 unspecified atom stereocenters. The number of carbonyl (C=O) groups is 1. The Morgan fingerprint density at radius 1 is 1.32 bits per heavy atom. The first-order chi connectivity index (χ1) is 10.7. The van der Waals surface area contributed by atoms with Crippen LogP contribution in [0.5, 0.6) is 0 Å². The van der Waals surface area contributed by atoms with Crippen LogP contribution in [0.15, 0.2) is 53.5 Å². The summed E-state index contributed by atoms with van der Waals surface area (Å²) in [5.41, 5.74) is 1.93. The molecule has 0 radical (unpaired) electrons. The van der Waals surface area contributed by atoms with Crippen LogP contribution in [-0.4, -0.2) is 21.0 Å². The van der Waals surface area contributed by atoms with Gasteiger partial charge in [-0.1, -0.05) is 28.9 Å². The maximum atomic E-state index is 11.8. The summed E-state index contributed by atoms with van der Waals surface area (Å²) in [6.07, 6.45) is 4.67. The molecule has 22 heavy (non-hydrogen) atoms. The van der Waals surface area contributed by atoms with Gasteiger partial charge >= 0.3 is 6.03 Å². The third kappa shape index (κ3) is 3.26. The quantitative estimate of drug-likeness (QED) is 0.775. The minimum absolute atomic E-state index is 0.279. The van der Waals surface area contributed by atoms with Crippen molar-refractivity contribution >= 4 is 23.3 Å². The zero-order valence-corrected chi connectivity index (χ0v) is 12.1. The molecular formula is C14H12ClN5O2. The second-order valence-corrected chi connectivity index (χ2v) is 4.83. The summed E-state index contributed by atoms with van der Waals surface area (Å²) in [5.74, 6) is 0. The molecule has 0 spiro atoms. The van der Waals surface area contributed by atoms with Crippen molar-refractivity contribution in [2.45, 2.75) is 6.54 Å². The number of aromatic nitrogens is 3. The Morgan fingerprint density at radius 3 is 2.95 bits per heavy atom. The lowest BCUT2D eigenvalue weighted by molar-refractivity contribution is 0.251. The minimum Gasteiger partial charge on any atom is -0.364 e. The number of halogens is 1. The number of benzene rings is 1. The maximum Gasteiger partial charge on any atom is 0.319 e. The van der Waals surface area contributed by atoms with E-state index in [4.69, 9.17) is 11.6 Å². The van der Waals surface area contributed by atoms with Gasteiger partial charge in [-0.05, 0) is 12.1 Å².